The second-order valence-electron chi connectivity index (χ2n) is 6.55. The van der Waals surface area contributed by atoms with Crippen LogP contribution in [0.25, 0.3) is 0 Å². The fourth-order valence-electron chi connectivity index (χ4n) is 2.50. The maximum atomic E-state index is 13.2. The molecule has 2 N–H and O–H groups in total. The maximum Gasteiger partial charge on any atom is 0.190 e. The first-order valence-electron chi connectivity index (χ1n) is 9.18. The normalized spacial score (nSPS) is 14.4. The Morgan fingerprint density at radius 1 is 1.28 bits per heavy atom. The van der Waals surface area contributed by atoms with Crippen molar-refractivity contribution in [3.8, 4) is 0 Å². The lowest BCUT2D eigenvalue weighted by molar-refractivity contribution is 0.123. The summed E-state index contributed by atoms with van der Waals surface area (Å²) in [6, 6.07) is 6.67. The molecule has 0 atom stereocenters. The van der Waals surface area contributed by atoms with Crippen molar-refractivity contribution in [1.29, 1.82) is 0 Å². The number of aliphatic imine (C=N–C) groups is 1. The third-order valence-electron chi connectivity index (χ3n) is 4.24. The van der Waals surface area contributed by atoms with Crippen molar-refractivity contribution in [2.75, 3.05) is 51.8 Å². The van der Waals surface area contributed by atoms with Crippen LogP contribution in [-0.2, 0) is 4.74 Å². The van der Waals surface area contributed by atoms with Crippen molar-refractivity contribution in [3.05, 3.63) is 30.1 Å². The number of halogens is 1. The number of anilines is 1. The molecule has 0 saturated heterocycles. The van der Waals surface area contributed by atoms with Crippen molar-refractivity contribution in [2.24, 2.45) is 10.9 Å². The molecular formula is C19H31FN4O. The van der Waals surface area contributed by atoms with Gasteiger partial charge in [0, 0.05) is 52.6 Å². The quantitative estimate of drug-likeness (QED) is 0.366. The number of ether oxygens (including phenoxy) is 1. The molecule has 1 aromatic rings. The zero-order chi connectivity index (χ0) is 17.9. The average molecular weight is 350 g/mol. The molecule has 1 fully saturated rings. The monoisotopic (exact) mass is 350 g/mol. The second-order valence-corrected chi connectivity index (χ2v) is 6.55. The SMILES string of the molecule is CN=C(NCCCOCC1CC1)NCCCN(C)c1cccc(F)c1. The largest absolute Gasteiger partial charge is 0.381 e. The second kappa shape index (κ2) is 10.9. The van der Waals surface area contributed by atoms with E-state index in [4.69, 9.17) is 4.74 Å². The van der Waals surface area contributed by atoms with Gasteiger partial charge in [-0.1, -0.05) is 6.07 Å². The van der Waals surface area contributed by atoms with Gasteiger partial charge in [-0.25, -0.2) is 4.39 Å². The van der Waals surface area contributed by atoms with Gasteiger partial charge in [0.05, 0.1) is 0 Å². The number of hydrogen-bond donors (Lipinski definition) is 2. The van der Waals surface area contributed by atoms with Gasteiger partial charge in [-0.3, -0.25) is 4.99 Å². The van der Waals surface area contributed by atoms with E-state index in [1.807, 2.05) is 13.1 Å². The third-order valence-corrected chi connectivity index (χ3v) is 4.24. The summed E-state index contributed by atoms with van der Waals surface area (Å²) >= 11 is 0. The molecule has 0 heterocycles. The van der Waals surface area contributed by atoms with Gasteiger partial charge in [-0.15, -0.1) is 0 Å². The van der Waals surface area contributed by atoms with Crippen LogP contribution in [0.5, 0.6) is 0 Å². The Morgan fingerprint density at radius 3 is 2.72 bits per heavy atom. The molecule has 1 aromatic carbocycles. The first kappa shape index (κ1) is 19.5. The van der Waals surface area contributed by atoms with Gasteiger partial charge in [-0.05, 0) is 49.8 Å². The Balaban J connectivity index is 1.51. The standard InChI is InChI=1S/C19H31FN4O/c1-21-19(23-11-5-13-25-15-16-8-9-16)22-10-4-12-24(2)18-7-3-6-17(20)14-18/h3,6-7,14,16H,4-5,8-13,15H2,1-2H3,(H2,21,22,23). The van der Waals surface area contributed by atoms with Crippen molar-refractivity contribution in [2.45, 2.75) is 25.7 Å². The summed E-state index contributed by atoms with van der Waals surface area (Å²) in [5.41, 5.74) is 0.897. The van der Waals surface area contributed by atoms with Gasteiger partial charge >= 0.3 is 0 Å². The topological polar surface area (TPSA) is 48.9 Å². The van der Waals surface area contributed by atoms with Crippen LogP contribution in [0.15, 0.2) is 29.3 Å². The zero-order valence-corrected chi connectivity index (χ0v) is 15.4. The molecule has 0 aliphatic heterocycles. The Kier molecular flexibility index (Phi) is 8.52. The Hall–Kier alpha value is -1.82. The van der Waals surface area contributed by atoms with E-state index >= 15 is 0 Å². The molecule has 0 unspecified atom stereocenters. The summed E-state index contributed by atoms with van der Waals surface area (Å²) < 4.78 is 18.8. The van der Waals surface area contributed by atoms with Crippen molar-refractivity contribution < 1.29 is 9.13 Å². The van der Waals surface area contributed by atoms with Crippen molar-refractivity contribution >= 4 is 11.6 Å². The van der Waals surface area contributed by atoms with E-state index in [1.165, 1.54) is 18.9 Å². The molecule has 1 saturated carbocycles. The van der Waals surface area contributed by atoms with E-state index in [2.05, 4.69) is 20.5 Å². The molecule has 0 bridgehead atoms. The first-order chi connectivity index (χ1) is 12.2. The summed E-state index contributed by atoms with van der Waals surface area (Å²) in [4.78, 5) is 6.27. The fourth-order valence-corrected chi connectivity index (χ4v) is 2.50. The van der Waals surface area contributed by atoms with Crippen LogP contribution in [0.3, 0.4) is 0 Å². The Labute approximate surface area is 150 Å². The molecule has 0 amide bonds. The smallest absolute Gasteiger partial charge is 0.190 e. The van der Waals surface area contributed by atoms with E-state index in [1.54, 1.807) is 19.2 Å². The molecular weight excluding hydrogens is 319 g/mol. The maximum absolute atomic E-state index is 13.2. The number of rotatable bonds is 11. The molecule has 0 aromatic heterocycles. The van der Waals surface area contributed by atoms with Crippen LogP contribution in [0.1, 0.15) is 25.7 Å². The van der Waals surface area contributed by atoms with Crippen LogP contribution < -0.4 is 15.5 Å². The van der Waals surface area contributed by atoms with E-state index in [0.29, 0.717) is 0 Å². The summed E-state index contributed by atoms with van der Waals surface area (Å²) in [5.74, 6) is 1.44. The third kappa shape index (κ3) is 8.20. The summed E-state index contributed by atoms with van der Waals surface area (Å²) in [5, 5.41) is 6.60. The average Bonchev–Trinajstić information content (AvgIpc) is 3.43. The molecule has 0 spiro atoms. The van der Waals surface area contributed by atoms with Crippen LogP contribution in [0, 0.1) is 11.7 Å². The molecule has 1 aliphatic rings. The molecule has 0 radical (unpaired) electrons. The minimum Gasteiger partial charge on any atom is -0.381 e. The van der Waals surface area contributed by atoms with Gasteiger partial charge in [0.15, 0.2) is 5.96 Å². The number of benzene rings is 1. The van der Waals surface area contributed by atoms with Crippen molar-refractivity contribution in [3.63, 3.8) is 0 Å². The zero-order valence-electron chi connectivity index (χ0n) is 15.4. The Morgan fingerprint density at radius 2 is 2.04 bits per heavy atom. The van der Waals surface area contributed by atoms with E-state index < -0.39 is 0 Å². The molecule has 2 rings (SSSR count). The van der Waals surface area contributed by atoms with Gasteiger partial charge in [0.25, 0.3) is 0 Å². The minimum absolute atomic E-state index is 0.201. The number of nitrogens with zero attached hydrogens (tertiary/aromatic N) is 2. The number of hydrogen-bond acceptors (Lipinski definition) is 3. The van der Waals surface area contributed by atoms with Crippen LogP contribution in [-0.4, -0.2) is 52.9 Å². The first-order valence-corrected chi connectivity index (χ1v) is 9.18. The molecule has 140 valence electrons. The van der Waals surface area contributed by atoms with E-state index in [0.717, 1.165) is 63.3 Å². The van der Waals surface area contributed by atoms with Gasteiger partial charge in [0.2, 0.25) is 0 Å². The lowest BCUT2D eigenvalue weighted by Crippen LogP contribution is -2.39. The number of guanidine groups is 1. The minimum atomic E-state index is -0.201. The molecule has 25 heavy (non-hydrogen) atoms. The number of nitrogens with one attached hydrogen (secondary N) is 2. The van der Waals surface area contributed by atoms with Crippen molar-refractivity contribution in [1.82, 2.24) is 10.6 Å². The molecule has 6 heteroatoms. The highest BCUT2D eigenvalue weighted by Gasteiger charge is 2.20. The van der Waals surface area contributed by atoms with Gasteiger partial charge < -0.3 is 20.3 Å². The van der Waals surface area contributed by atoms with Crippen LogP contribution >= 0.6 is 0 Å². The van der Waals surface area contributed by atoms with Gasteiger partial charge in [-0.2, -0.15) is 0 Å². The summed E-state index contributed by atoms with van der Waals surface area (Å²) in [6.07, 6.45) is 4.60. The van der Waals surface area contributed by atoms with E-state index in [-0.39, 0.29) is 5.82 Å². The predicted octanol–water partition coefficient (Wildman–Crippen LogP) is 2.63. The van der Waals surface area contributed by atoms with Crippen LogP contribution in [0.2, 0.25) is 0 Å². The predicted molar refractivity (Wildman–Crippen MR) is 102 cm³/mol. The highest BCUT2D eigenvalue weighted by Crippen LogP contribution is 2.28. The summed E-state index contributed by atoms with van der Waals surface area (Å²) in [7, 11) is 3.75. The molecule has 1 aliphatic carbocycles. The lowest BCUT2D eigenvalue weighted by atomic mass is 10.2. The highest BCUT2D eigenvalue weighted by atomic mass is 19.1. The lowest BCUT2D eigenvalue weighted by Gasteiger charge is -2.20. The Bertz CT molecular complexity index is 534. The fraction of sp³-hybridized carbons (Fsp3) is 0.632. The highest BCUT2D eigenvalue weighted by molar-refractivity contribution is 5.79. The molecule has 5 nitrogen and oxygen atoms in total. The van der Waals surface area contributed by atoms with Crippen LogP contribution in [0.4, 0.5) is 10.1 Å². The summed E-state index contributed by atoms with van der Waals surface area (Å²) in [6.45, 7) is 4.25. The van der Waals surface area contributed by atoms with Gasteiger partial charge in [0.1, 0.15) is 5.82 Å². The van der Waals surface area contributed by atoms with E-state index in [9.17, 15) is 4.39 Å².